The quantitative estimate of drug-likeness (QED) is 0.904. The smallest absolute Gasteiger partial charge is 0.118 e. The summed E-state index contributed by atoms with van der Waals surface area (Å²) in [6.07, 6.45) is -0.412. The van der Waals surface area contributed by atoms with Crippen LogP contribution in [0.3, 0.4) is 0 Å². The summed E-state index contributed by atoms with van der Waals surface area (Å²) in [6, 6.07) is 15.9. The van der Waals surface area contributed by atoms with E-state index in [-0.39, 0.29) is 0 Å². The van der Waals surface area contributed by atoms with Crippen molar-refractivity contribution >= 4 is 11.8 Å². The highest BCUT2D eigenvalue weighted by Crippen LogP contribution is 2.29. The number of hydrogen-bond donors (Lipinski definition) is 1. The summed E-state index contributed by atoms with van der Waals surface area (Å²) in [5, 5.41) is 9.44. The largest absolute Gasteiger partial charge is 0.497 e. The van der Waals surface area contributed by atoms with Gasteiger partial charge in [-0.2, -0.15) is 0 Å². The van der Waals surface area contributed by atoms with Crippen molar-refractivity contribution in [2.24, 2.45) is 0 Å². The summed E-state index contributed by atoms with van der Waals surface area (Å²) >= 11 is 1.69. The average Bonchev–Trinajstić information content (AvgIpc) is 2.40. The molecule has 0 aliphatic rings. The highest BCUT2D eigenvalue weighted by molar-refractivity contribution is 7.99. The molecule has 1 N–H and O–H groups in total. The summed E-state index contributed by atoms with van der Waals surface area (Å²) in [7, 11) is 1.66. The van der Waals surface area contributed by atoms with Crippen molar-refractivity contribution in [1.29, 1.82) is 0 Å². The molecule has 0 spiro atoms. The minimum Gasteiger partial charge on any atom is -0.497 e. The van der Waals surface area contributed by atoms with Crippen LogP contribution in [0.5, 0.6) is 5.75 Å². The topological polar surface area (TPSA) is 29.5 Å². The van der Waals surface area contributed by atoms with Gasteiger partial charge < -0.3 is 9.84 Å². The lowest BCUT2D eigenvalue weighted by atomic mass is 10.1. The molecule has 0 aromatic heterocycles. The molecule has 2 aromatic carbocycles. The normalized spacial score (nSPS) is 12.2. The summed E-state index contributed by atoms with van der Waals surface area (Å²) < 4.78 is 5.12. The molecule has 1 unspecified atom stereocenters. The number of benzene rings is 2. The van der Waals surface area contributed by atoms with Crippen molar-refractivity contribution in [2.45, 2.75) is 22.8 Å². The molecule has 0 bridgehead atoms. The molecule has 0 fully saturated rings. The Hall–Kier alpha value is -1.45. The number of ether oxygens (including phenoxy) is 1. The van der Waals surface area contributed by atoms with E-state index in [2.05, 4.69) is 0 Å². The zero-order valence-electron chi connectivity index (χ0n) is 10.5. The van der Waals surface area contributed by atoms with Crippen LogP contribution in [0.25, 0.3) is 0 Å². The molecule has 0 heterocycles. The molecule has 0 saturated carbocycles. The van der Waals surface area contributed by atoms with Crippen LogP contribution in [0.4, 0.5) is 0 Å². The standard InChI is InChI=1S/C15H16O2S/c1-11(16)12-3-7-14(8-4-12)18-15-9-5-13(17-2)6-10-15/h3-11,16H,1-2H3. The second kappa shape index (κ2) is 5.94. The maximum atomic E-state index is 9.44. The third-order valence-corrected chi connectivity index (χ3v) is 3.67. The van der Waals surface area contributed by atoms with Gasteiger partial charge in [0.2, 0.25) is 0 Å². The second-order valence-electron chi connectivity index (χ2n) is 4.02. The van der Waals surface area contributed by atoms with Gasteiger partial charge in [-0.05, 0) is 48.9 Å². The monoisotopic (exact) mass is 260 g/mol. The zero-order valence-corrected chi connectivity index (χ0v) is 11.3. The molecular weight excluding hydrogens is 244 g/mol. The van der Waals surface area contributed by atoms with Crippen LogP contribution in [-0.2, 0) is 0 Å². The fourth-order valence-electron chi connectivity index (χ4n) is 1.59. The Balaban J connectivity index is 2.08. The van der Waals surface area contributed by atoms with E-state index >= 15 is 0 Å². The summed E-state index contributed by atoms with van der Waals surface area (Å²) in [5.41, 5.74) is 0.939. The van der Waals surface area contributed by atoms with Gasteiger partial charge >= 0.3 is 0 Å². The predicted molar refractivity (Wildman–Crippen MR) is 74.2 cm³/mol. The third-order valence-electron chi connectivity index (χ3n) is 2.66. The Kier molecular flexibility index (Phi) is 4.28. The van der Waals surface area contributed by atoms with Gasteiger partial charge in [-0.1, -0.05) is 23.9 Å². The van der Waals surface area contributed by atoms with Gasteiger partial charge in [0.05, 0.1) is 13.2 Å². The van der Waals surface area contributed by atoms with Gasteiger partial charge in [0.1, 0.15) is 5.75 Å². The first-order valence-corrected chi connectivity index (χ1v) is 6.60. The van der Waals surface area contributed by atoms with Crippen LogP contribution in [0.1, 0.15) is 18.6 Å². The first-order valence-electron chi connectivity index (χ1n) is 5.79. The maximum Gasteiger partial charge on any atom is 0.118 e. The Labute approximate surface area is 112 Å². The van der Waals surface area contributed by atoms with Crippen LogP contribution < -0.4 is 4.74 Å². The number of aliphatic hydroxyl groups excluding tert-OH is 1. The SMILES string of the molecule is COc1ccc(Sc2ccc(C(C)O)cc2)cc1. The van der Waals surface area contributed by atoms with E-state index in [9.17, 15) is 5.11 Å². The minimum absolute atomic E-state index is 0.412. The molecule has 2 nitrogen and oxygen atoms in total. The molecule has 2 aromatic rings. The Morgan fingerprint density at radius 1 is 0.944 bits per heavy atom. The Bertz CT molecular complexity index is 489. The molecule has 0 aliphatic carbocycles. The third kappa shape index (κ3) is 3.28. The van der Waals surface area contributed by atoms with Gasteiger partial charge in [-0.15, -0.1) is 0 Å². The van der Waals surface area contributed by atoms with Crippen LogP contribution in [0.15, 0.2) is 58.3 Å². The molecule has 0 saturated heterocycles. The van der Waals surface area contributed by atoms with Crippen molar-refractivity contribution in [3.8, 4) is 5.75 Å². The van der Waals surface area contributed by atoms with E-state index < -0.39 is 6.10 Å². The average molecular weight is 260 g/mol. The minimum atomic E-state index is -0.412. The number of aliphatic hydroxyl groups is 1. The predicted octanol–water partition coefficient (Wildman–Crippen LogP) is 3.90. The summed E-state index contributed by atoms with van der Waals surface area (Å²) in [4.78, 5) is 2.32. The van der Waals surface area contributed by atoms with Crippen molar-refractivity contribution in [3.05, 3.63) is 54.1 Å². The molecule has 1 atom stereocenters. The lowest BCUT2D eigenvalue weighted by Gasteiger charge is -2.06. The number of rotatable bonds is 4. The molecule has 2 rings (SSSR count). The zero-order chi connectivity index (χ0) is 13.0. The van der Waals surface area contributed by atoms with E-state index in [1.165, 1.54) is 4.90 Å². The second-order valence-corrected chi connectivity index (χ2v) is 5.17. The molecular formula is C15H16O2S. The molecule has 94 valence electrons. The summed E-state index contributed by atoms with van der Waals surface area (Å²) in [6.45, 7) is 1.77. The first kappa shape index (κ1) is 13.0. The van der Waals surface area contributed by atoms with Gasteiger partial charge in [0.15, 0.2) is 0 Å². The fourth-order valence-corrected chi connectivity index (χ4v) is 2.41. The highest BCUT2D eigenvalue weighted by atomic mass is 32.2. The van der Waals surface area contributed by atoms with E-state index in [1.807, 2.05) is 48.5 Å². The lowest BCUT2D eigenvalue weighted by molar-refractivity contribution is 0.199. The van der Waals surface area contributed by atoms with E-state index in [4.69, 9.17) is 4.74 Å². The van der Waals surface area contributed by atoms with Crippen LogP contribution >= 0.6 is 11.8 Å². The number of methoxy groups -OCH3 is 1. The Morgan fingerprint density at radius 2 is 1.44 bits per heavy atom. The van der Waals surface area contributed by atoms with Crippen molar-refractivity contribution in [3.63, 3.8) is 0 Å². The lowest BCUT2D eigenvalue weighted by Crippen LogP contribution is -1.89. The molecule has 18 heavy (non-hydrogen) atoms. The maximum absolute atomic E-state index is 9.44. The van der Waals surface area contributed by atoms with E-state index in [0.29, 0.717) is 0 Å². The first-order chi connectivity index (χ1) is 8.69. The fraction of sp³-hybridized carbons (Fsp3) is 0.200. The van der Waals surface area contributed by atoms with Gasteiger partial charge in [-0.3, -0.25) is 0 Å². The van der Waals surface area contributed by atoms with E-state index in [0.717, 1.165) is 16.2 Å². The van der Waals surface area contributed by atoms with E-state index in [1.54, 1.807) is 25.8 Å². The van der Waals surface area contributed by atoms with Gasteiger partial charge in [0.25, 0.3) is 0 Å². The summed E-state index contributed by atoms with van der Waals surface area (Å²) in [5.74, 6) is 0.865. The molecule has 0 amide bonds. The van der Waals surface area contributed by atoms with Gasteiger partial charge in [0, 0.05) is 9.79 Å². The van der Waals surface area contributed by atoms with Crippen molar-refractivity contribution in [2.75, 3.05) is 7.11 Å². The van der Waals surface area contributed by atoms with Crippen LogP contribution in [0.2, 0.25) is 0 Å². The molecule has 3 heteroatoms. The molecule has 0 radical (unpaired) electrons. The number of hydrogen-bond acceptors (Lipinski definition) is 3. The van der Waals surface area contributed by atoms with Crippen molar-refractivity contribution < 1.29 is 9.84 Å². The van der Waals surface area contributed by atoms with Crippen LogP contribution in [-0.4, -0.2) is 12.2 Å². The van der Waals surface area contributed by atoms with Crippen LogP contribution in [0, 0.1) is 0 Å². The highest BCUT2D eigenvalue weighted by Gasteiger charge is 2.02. The van der Waals surface area contributed by atoms with Crippen molar-refractivity contribution in [1.82, 2.24) is 0 Å². The van der Waals surface area contributed by atoms with Gasteiger partial charge in [-0.25, -0.2) is 0 Å². The molecule has 0 aliphatic heterocycles. The Morgan fingerprint density at radius 3 is 1.89 bits per heavy atom.